The van der Waals surface area contributed by atoms with Crippen LogP contribution < -0.4 is 4.90 Å². The molecule has 0 radical (unpaired) electrons. The van der Waals surface area contributed by atoms with Crippen LogP contribution in [0.4, 0.5) is 5.13 Å². The number of sulfonamides is 1. The third kappa shape index (κ3) is 5.30. The lowest BCUT2D eigenvalue weighted by molar-refractivity contribution is -0.123. The zero-order valence-corrected chi connectivity index (χ0v) is 19.4. The van der Waals surface area contributed by atoms with Gasteiger partial charge in [0.25, 0.3) is 0 Å². The minimum atomic E-state index is -3.22. The Kier molecular flexibility index (Phi) is 7.22. The molecule has 0 unspecified atom stereocenters. The molecule has 6 nitrogen and oxygen atoms in total. The van der Waals surface area contributed by atoms with Gasteiger partial charge in [0, 0.05) is 41.5 Å². The Labute approximate surface area is 185 Å². The van der Waals surface area contributed by atoms with Crippen molar-refractivity contribution in [1.82, 2.24) is 9.29 Å². The van der Waals surface area contributed by atoms with Gasteiger partial charge in [0.05, 0.1) is 17.0 Å². The highest BCUT2D eigenvalue weighted by Gasteiger charge is 2.32. The molecular weight excluding hydrogens is 453 g/mol. The van der Waals surface area contributed by atoms with Crippen LogP contribution in [0, 0.1) is 5.92 Å². The van der Waals surface area contributed by atoms with Crippen LogP contribution in [0.25, 0.3) is 11.3 Å². The SMILES string of the molecule is CCCN(C(=O)C1CCN(S(C)(=O)=O)CC1)c1nc(-c2ccc(Cl)cc2Cl)cs1. The number of nitrogens with zero attached hydrogens (tertiary/aromatic N) is 3. The molecule has 1 aliphatic heterocycles. The van der Waals surface area contributed by atoms with Crippen molar-refractivity contribution >= 4 is 55.6 Å². The third-order valence-corrected chi connectivity index (χ3v) is 7.63. The maximum Gasteiger partial charge on any atom is 0.231 e. The first kappa shape index (κ1) is 22.5. The second-order valence-corrected chi connectivity index (χ2v) is 10.7. The molecule has 0 N–H and O–H groups in total. The first-order valence-electron chi connectivity index (χ1n) is 9.38. The Morgan fingerprint density at radius 3 is 2.59 bits per heavy atom. The van der Waals surface area contributed by atoms with Gasteiger partial charge >= 0.3 is 0 Å². The molecule has 2 heterocycles. The number of carbonyl (C=O) groups excluding carboxylic acids is 1. The predicted molar refractivity (Wildman–Crippen MR) is 119 cm³/mol. The predicted octanol–water partition coefficient (Wildman–Crippen LogP) is 4.53. The molecule has 1 aromatic carbocycles. The zero-order valence-electron chi connectivity index (χ0n) is 16.3. The Bertz CT molecular complexity index is 986. The zero-order chi connectivity index (χ0) is 21.2. The van der Waals surface area contributed by atoms with Crippen molar-refractivity contribution in [3.63, 3.8) is 0 Å². The average molecular weight is 476 g/mol. The lowest BCUT2D eigenvalue weighted by Gasteiger charge is -2.32. The summed E-state index contributed by atoms with van der Waals surface area (Å²) in [6, 6.07) is 5.24. The van der Waals surface area contributed by atoms with Gasteiger partial charge in [-0.1, -0.05) is 30.1 Å². The molecule has 29 heavy (non-hydrogen) atoms. The van der Waals surface area contributed by atoms with Crippen molar-refractivity contribution in [3.05, 3.63) is 33.6 Å². The van der Waals surface area contributed by atoms with Crippen LogP contribution in [-0.2, 0) is 14.8 Å². The molecule has 1 fully saturated rings. The lowest BCUT2D eigenvalue weighted by Crippen LogP contribution is -2.44. The minimum Gasteiger partial charge on any atom is -0.288 e. The van der Waals surface area contributed by atoms with Crippen molar-refractivity contribution < 1.29 is 13.2 Å². The lowest BCUT2D eigenvalue weighted by atomic mass is 9.96. The van der Waals surface area contributed by atoms with E-state index in [-0.39, 0.29) is 11.8 Å². The van der Waals surface area contributed by atoms with Crippen LogP contribution in [0.3, 0.4) is 0 Å². The first-order valence-corrected chi connectivity index (χ1v) is 12.9. The topological polar surface area (TPSA) is 70.6 Å². The maximum absolute atomic E-state index is 13.2. The molecule has 0 atom stereocenters. The number of piperidine rings is 1. The van der Waals surface area contributed by atoms with Gasteiger partial charge in [0.2, 0.25) is 15.9 Å². The second kappa shape index (κ2) is 9.31. The summed E-state index contributed by atoms with van der Waals surface area (Å²) in [6.07, 6.45) is 3.04. The van der Waals surface area contributed by atoms with E-state index in [4.69, 9.17) is 23.2 Å². The van der Waals surface area contributed by atoms with Crippen LogP contribution >= 0.6 is 34.5 Å². The summed E-state index contributed by atoms with van der Waals surface area (Å²) in [7, 11) is -3.22. The fourth-order valence-electron chi connectivity index (χ4n) is 3.39. The second-order valence-electron chi connectivity index (χ2n) is 7.07. The van der Waals surface area contributed by atoms with E-state index in [9.17, 15) is 13.2 Å². The van der Waals surface area contributed by atoms with E-state index in [1.54, 1.807) is 17.0 Å². The average Bonchev–Trinajstić information content (AvgIpc) is 3.14. The highest BCUT2D eigenvalue weighted by atomic mass is 35.5. The molecule has 0 spiro atoms. The molecular formula is C19H23Cl2N3O3S2. The molecule has 1 saturated heterocycles. The van der Waals surface area contributed by atoms with E-state index >= 15 is 0 Å². The van der Waals surface area contributed by atoms with Gasteiger partial charge in [-0.15, -0.1) is 11.3 Å². The maximum atomic E-state index is 13.2. The quantitative estimate of drug-likeness (QED) is 0.614. The van der Waals surface area contributed by atoms with Gasteiger partial charge < -0.3 is 0 Å². The van der Waals surface area contributed by atoms with E-state index < -0.39 is 10.0 Å². The number of aromatic nitrogens is 1. The first-order chi connectivity index (χ1) is 13.7. The number of halogens is 2. The Balaban J connectivity index is 1.78. The summed E-state index contributed by atoms with van der Waals surface area (Å²) in [5.74, 6) is -0.200. The fourth-order valence-corrected chi connectivity index (χ4v) is 5.62. The minimum absolute atomic E-state index is 0.00287. The van der Waals surface area contributed by atoms with Crippen molar-refractivity contribution in [3.8, 4) is 11.3 Å². The Morgan fingerprint density at radius 1 is 1.31 bits per heavy atom. The molecule has 158 valence electrons. The van der Waals surface area contributed by atoms with Crippen LogP contribution in [-0.4, -0.2) is 49.5 Å². The van der Waals surface area contributed by atoms with Crippen molar-refractivity contribution in [2.75, 3.05) is 30.8 Å². The van der Waals surface area contributed by atoms with E-state index in [2.05, 4.69) is 4.98 Å². The number of hydrogen-bond acceptors (Lipinski definition) is 5. The van der Waals surface area contributed by atoms with E-state index in [1.807, 2.05) is 18.4 Å². The van der Waals surface area contributed by atoms with Crippen LogP contribution in [0.1, 0.15) is 26.2 Å². The number of thiazole rings is 1. The van der Waals surface area contributed by atoms with Gasteiger partial charge in [-0.2, -0.15) is 0 Å². The van der Waals surface area contributed by atoms with Gasteiger partial charge in [-0.25, -0.2) is 17.7 Å². The number of rotatable bonds is 6. The fraction of sp³-hybridized carbons (Fsp3) is 0.474. The van der Waals surface area contributed by atoms with Crippen LogP contribution in [0.5, 0.6) is 0 Å². The molecule has 0 saturated carbocycles. The van der Waals surface area contributed by atoms with E-state index in [0.29, 0.717) is 53.3 Å². The highest BCUT2D eigenvalue weighted by Crippen LogP contribution is 2.34. The number of anilines is 1. The molecule has 2 aromatic rings. The summed E-state index contributed by atoms with van der Waals surface area (Å²) in [6.45, 7) is 3.32. The van der Waals surface area contributed by atoms with Gasteiger partial charge in [0.1, 0.15) is 0 Å². The van der Waals surface area contributed by atoms with E-state index in [0.717, 1.165) is 12.0 Å². The largest absolute Gasteiger partial charge is 0.288 e. The van der Waals surface area contributed by atoms with Gasteiger partial charge in [-0.05, 0) is 37.5 Å². The highest BCUT2D eigenvalue weighted by molar-refractivity contribution is 7.88. The van der Waals surface area contributed by atoms with Crippen molar-refractivity contribution in [2.45, 2.75) is 26.2 Å². The molecule has 1 aromatic heterocycles. The number of hydrogen-bond donors (Lipinski definition) is 0. The Morgan fingerprint density at radius 2 is 2.00 bits per heavy atom. The summed E-state index contributed by atoms with van der Waals surface area (Å²) in [5, 5.41) is 3.57. The standard InChI is InChI=1S/C19H23Cl2N3O3S2/c1-3-8-24(18(25)13-6-9-23(10-7-13)29(2,26)27)19-22-17(12-28-19)15-5-4-14(20)11-16(15)21/h4-5,11-13H,3,6-10H2,1-2H3. The summed E-state index contributed by atoms with van der Waals surface area (Å²) in [5.41, 5.74) is 1.47. The van der Waals surface area contributed by atoms with Crippen LogP contribution in [0.2, 0.25) is 10.0 Å². The molecule has 1 amide bonds. The van der Waals surface area contributed by atoms with Gasteiger partial charge in [0.15, 0.2) is 5.13 Å². The molecule has 1 aliphatic rings. The normalized spacial score (nSPS) is 16.1. The molecule has 3 rings (SSSR count). The summed E-state index contributed by atoms with van der Waals surface area (Å²) in [4.78, 5) is 19.6. The van der Waals surface area contributed by atoms with Crippen molar-refractivity contribution in [2.24, 2.45) is 5.92 Å². The third-order valence-electron chi connectivity index (χ3n) is 4.92. The summed E-state index contributed by atoms with van der Waals surface area (Å²) >= 11 is 13.7. The number of carbonyl (C=O) groups is 1. The van der Waals surface area contributed by atoms with Crippen molar-refractivity contribution in [1.29, 1.82) is 0 Å². The van der Waals surface area contributed by atoms with E-state index in [1.165, 1.54) is 21.9 Å². The molecule has 0 aliphatic carbocycles. The Hall–Kier alpha value is -1.19. The molecule has 0 bridgehead atoms. The smallest absolute Gasteiger partial charge is 0.231 e. The number of amides is 1. The van der Waals surface area contributed by atoms with Crippen LogP contribution in [0.15, 0.2) is 23.6 Å². The monoisotopic (exact) mass is 475 g/mol. The van der Waals surface area contributed by atoms with Gasteiger partial charge in [-0.3, -0.25) is 9.69 Å². The summed E-state index contributed by atoms with van der Waals surface area (Å²) < 4.78 is 24.9. The molecule has 10 heteroatoms. The number of benzene rings is 1.